The summed E-state index contributed by atoms with van der Waals surface area (Å²) in [6.45, 7) is 8.41. The fraction of sp³-hybridized carbons (Fsp3) is 0.238. The van der Waals surface area contributed by atoms with Crippen LogP contribution in [0.4, 0.5) is 14.5 Å². The number of hydrogen-bond donors (Lipinski definition) is 0. The third-order valence-corrected chi connectivity index (χ3v) is 6.56. The van der Waals surface area contributed by atoms with Gasteiger partial charge in [-0.2, -0.15) is 0 Å². The van der Waals surface area contributed by atoms with Gasteiger partial charge in [0.1, 0.15) is 5.82 Å². The van der Waals surface area contributed by atoms with Crippen LogP contribution in [-0.2, 0) is 12.0 Å². The molecule has 0 fully saturated rings. The van der Waals surface area contributed by atoms with Crippen LogP contribution >= 0.6 is 46.8 Å². The predicted octanol–water partition coefficient (Wildman–Crippen LogP) is 7.67. The molecule has 3 nitrogen and oxygen atoms in total. The number of anilines is 1. The number of nitrogens with zero attached hydrogens (tertiary/aromatic N) is 3. The Morgan fingerprint density at radius 3 is 2.70 bits per heavy atom. The molecule has 0 radical (unpaired) electrons. The van der Waals surface area contributed by atoms with Gasteiger partial charge in [0.25, 0.3) is 0 Å². The van der Waals surface area contributed by atoms with Gasteiger partial charge in [-0.05, 0) is 36.5 Å². The van der Waals surface area contributed by atoms with Crippen LogP contribution in [0.5, 0.6) is 0 Å². The molecular weight excluding hydrogens is 471 g/mol. The minimum atomic E-state index is -0.685. The smallest absolute Gasteiger partial charge is 0.160 e. The van der Waals surface area contributed by atoms with Gasteiger partial charge in [0, 0.05) is 46.7 Å². The minimum Gasteiger partial charge on any atom is -0.366 e. The average molecular weight is 489 g/mol. The van der Waals surface area contributed by atoms with Gasteiger partial charge in [0.05, 0.1) is 27.4 Å². The molecule has 0 unspecified atom stereocenters. The summed E-state index contributed by atoms with van der Waals surface area (Å²) in [5.41, 5.74) is 2.33. The van der Waals surface area contributed by atoms with Crippen molar-refractivity contribution < 1.29 is 8.78 Å². The van der Waals surface area contributed by atoms with Gasteiger partial charge in [0.2, 0.25) is 0 Å². The molecule has 1 heterocycles. The number of halogens is 5. The summed E-state index contributed by atoms with van der Waals surface area (Å²) in [4.78, 5) is 5.58. The molecule has 0 aromatic heterocycles. The molecule has 0 amide bonds. The molecule has 0 spiro atoms. The molecule has 0 N–H and O–H groups in total. The highest BCUT2D eigenvalue weighted by molar-refractivity contribution is 7.98. The van der Waals surface area contributed by atoms with Crippen molar-refractivity contribution >= 4 is 65.4 Å². The van der Waals surface area contributed by atoms with E-state index in [0.29, 0.717) is 33.7 Å². The van der Waals surface area contributed by atoms with Crippen molar-refractivity contribution in [2.75, 3.05) is 11.4 Å². The lowest BCUT2D eigenvalue weighted by molar-refractivity contribution is 0.549. The van der Waals surface area contributed by atoms with Crippen LogP contribution in [0.3, 0.4) is 0 Å². The van der Waals surface area contributed by atoms with Crippen LogP contribution in [0.1, 0.15) is 25.0 Å². The Morgan fingerprint density at radius 2 is 2.00 bits per heavy atom. The zero-order valence-electron chi connectivity index (χ0n) is 16.2. The van der Waals surface area contributed by atoms with Gasteiger partial charge in [-0.15, -0.1) is 0 Å². The topological polar surface area (TPSA) is 28.0 Å². The highest BCUT2D eigenvalue weighted by Crippen LogP contribution is 2.47. The summed E-state index contributed by atoms with van der Waals surface area (Å²) in [5, 5.41) is 1.44. The van der Waals surface area contributed by atoms with Crippen molar-refractivity contribution in [2.24, 2.45) is 9.39 Å². The molecular formula is C21H18Cl3F2N3S. The maximum Gasteiger partial charge on any atom is 0.160 e. The predicted molar refractivity (Wildman–Crippen MR) is 125 cm³/mol. The quantitative estimate of drug-likeness (QED) is 0.308. The Kier molecular flexibility index (Phi) is 7.13. The standard InChI is InChI=1S/C21H18Cl3F2N3S/c1-21(2)11-29(17-5-4-14(22)20(24)19(17)21)10-12-6-16(26)18(7-15(12)23)30-28-9-13(25)8-27-3/h4-9H,3,10-11H2,1-2H3/b13-8+,28-9-. The van der Waals surface area contributed by atoms with Gasteiger partial charge in [-0.3, -0.25) is 4.99 Å². The van der Waals surface area contributed by atoms with Crippen LogP contribution in [0, 0.1) is 5.82 Å². The zero-order valence-corrected chi connectivity index (χ0v) is 19.3. The third kappa shape index (κ3) is 4.83. The molecule has 1 aliphatic heterocycles. The van der Waals surface area contributed by atoms with Crippen LogP contribution in [-0.4, -0.2) is 19.5 Å². The monoisotopic (exact) mass is 487 g/mol. The molecule has 2 aromatic rings. The number of allylic oxidation sites excluding steroid dienone is 1. The molecule has 0 bridgehead atoms. The van der Waals surface area contributed by atoms with E-state index in [0.717, 1.165) is 35.6 Å². The lowest BCUT2D eigenvalue weighted by Crippen LogP contribution is -2.28. The molecule has 0 aliphatic carbocycles. The lowest BCUT2D eigenvalue weighted by atomic mass is 9.87. The molecule has 30 heavy (non-hydrogen) atoms. The van der Waals surface area contributed by atoms with E-state index in [1.165, 1.54) is 12.1 Å². The van der Waals surface area contributed by atoms with Crippen molar-refractivity contribution in [3.63, 3.8) is 0 Å². The van der Waals surface area contributed by atoms with E-state index in [-0.39, 0.29) is 10.3 Å². The van der Waals surface area contributed by atoms with Crippen molar-refractivity contribution in [3.05, 3.63) is 68.3 Å². The highest BCUT2D eigenvalue weighted by Gasteiger charge is 2.37. The molecule has 0 atom stereocenters. The minimum absolute atomic E-state index is 0.191. The van der Waals surface area contributed by atoms with Crippen LogP contribution < -0.4 is 4.90 Å². The van der Waals surface area contributed by atoms with E-state index in [2.05, 4.69) is 34.9 Å². The lowest BCUT2D eigenvalue weighted by Gasteiger charge is -2.23. The van der Waals surface area contributed by atoms with E-state index >= 15 is 0 Å². The number of benzene rings is 2. The first-order chi connectivity index (χ1) is 14.1. The van der Waals surface area contributed by atoms with Crippen molar-refractivity contribution in [2.45, 2.75) is 30.7 Å². The molecule has 1 aliphatic rings. The summed E-state index contributed by atoms with van der Waals surface area (Å²) in [6, 6.07) is 6.53. The second-order valence-corrected chi connectivity index (χ2v) is 9.42. The first-order valence-electron chi connectivity index (χ1n) is 8.87. The number of fused-ring (bicyclic) bond motifs is 1. The number of aliphatic imine (C=N–C) groups is 1. The molecule has 0 saturated carbocycles. The van der Waals surface area contributed by atoms with E-state index < -0.39 is 11.6 Å². The Bertz CT molecular complexity index is 1050. The van der Waals surface area contributed by atoms with Crippen molar-refractivity contribution in [1.29, 1.82) is 0 Å². The maximum atomic E-state index is 14.6. The van der Waals surface area contributed by atoms with Crippen LogP contribution in [0.15, 0.2) is 50.6 Å². The Hall–Kier alpha value is -1.60. The third-order valence-electron chi connectivity index (χ3n) is 4.68. The van der Waals surface area contributed by atoms with Crippen molar-refractivity contribution in [1.82, 2.24) is 0 Å². The van der Waals surface area contributed by atoms with E-state index in [1.54, 1.807) is 6.07 Å². The summed E-state index contributed by atoms with van der Waals surface area (Å²) < 4.78 is 31.6. The second-order valence-electron chi connectivity index (χ2n) is 7.39. The summed E-state index contributed by atoms with van der Waals surface area (Å²) >= 11 is 19.8. The zero-order chi connectivity index (χ0) is 22.1. The summed E-state index contributed by atoms with van der Waals surface area (Å²) in [6.07, 6.45) is 1.84. The van der Waals surface area contributed by atoms with Crippen LogP contribution in [0.2, 0.25) is 15.1 Å². The molecule has 3 rings (SSSR count). The van der Waals surface area contributed by atoms with Gasteiger partial charge >= 0.3 is 0 Å². The molecule has 158 valence electrons. The highest BCUT2D eigenvalue weighted by atomic mass is 35.5. The molecule has 2 aromatic carbocycles. The van der Waals surface area contributed by atoms with Crippen molar-refractivity contribution in [3.8, 4) is 0 Å². The van der Waals surface area contributed by atoms with Gasteiger partial charge in [-0.25, -0.2) is 13.2 Å². The van der Waals surface area contributed by atoms with E-state index in [4.69, 9.17) is 34.8 Å². The average Bonchev–Trinajstić information content (AvgIpc) is 2.92. The largest absolute Gasteiger partial charge is 0.366 e. The number of rotatable bonds is 6. The number of hydrogen-bond acceptors (Lipinski definition) is 4. The first-order valence-corrected chi connectivity index (χ1v) is 10.8. The Balaban J connectivity index is 1.84. The Morgan fingerprint density at radius 1 is 1.27 bits per heavy atom. The van der Waals surface area contributed by atoms with Gasteiger partial charge in [-0.1, -0.05) is 48.7 Å². The maximum absolute atomic E-state index is 14.6. The van der Waals surface area contributed by atoms with Crippen LogP contribution in [0.25, 0.3) is 0 Å². The molecule has 0 saturated heterocycles. The van der Waals surface area contributed by atoms with Gasteiger partial charge in [0.15, 0.2) is 5.83 Å². The fourth-order valence-corrected chi connectivity index (χ4v) is 4.90. The summed E-state index contributed by atoms with van der Waals surface area (Å²) in [7, 11) is 0. The van der Waals surface area contributed by atoms with E-state index in [9.17, 15) is 8.78 Å². The normalized spacial score (nSPS) is 15.7. The second kappa shape index (κ2) is 9.27. The van der Waals surface area contributed by atoms with Gasteiger partial charge < -0.3 is 4.90 Å². The van der Waals surface area contributed by atoms with E-state index in [1.807, 2.05) is 6.07 Å². The summed E-state index contributed by atoms with van der Waals surface area (Å²) in [5.74, 6) is -1.18. The first kappa shape index (κ1) is 23.1. The SMILES string of the molecule is C=N/C=C(F)\C=N/Sc1cc(Cl)c(CN2CC(C)(C)c3c2ccc(Cl)c3Cl)cc1F. The molecule has 9 heteroatoms. The fourth-order valence-electron chi connectivity index (χ4n) is 3.45. The Labute approximate surface area is 193 Å².